The molecule has 1 nitrogen and oxygen atoms in total. The highest BCUT2D eigenvalue weighted by molar-refractivity contribution is 6.27. The number of halogens is 10. The smallest absolute Gasteiger partial charge is 0.200 e. The minimum Gasteiger partial charge on any atom is -0.264 e. The van der Waals surface area contributed by atoms with E-state index in [0.717, 1.165) is 0 Å². The van der Waals surface area contributed by atoms with Crippen molar-refractivity contribution in [3.8, 4) is 33.4 Å². The summed E-state index contributed by atoms with van der Waals surface area (Å²) >= 11 is 0. The number of rotatable bonds is 3. The Balaban J connectivity index is 1.71. The van der Waals surface area contributed by atoms with Gasteiger partial charge in [-0.25, -0.2) is 43.9 Å². The largest absolute Gasteiger partial charge is 0.264 e. The molecule has 0 unspecified atom stereocenters. The number of nitrogens with zero attached hydrogens (tertiary/aromatic N) is 1. The fourth-order valence-corrected chi connectivity index (χ4v) is 6.72. The molecule has 0 bridgehead atoms. The average molecular weight is 688 g/mol. The summed E-state index contributed by atoms with van der Waals surface area (Å²) in [7, 11) is 0. The molecule has 1 aromatic heterocycles. The van der Waals surface area contributed by atoms with Gasteiger partial charge in [-0.2, -0.15) is 0 Å². The van der Waals surface area contributed by atoms with E-state index >= 15 is 17.6 Å². The zero-order chi connectivity index (χ0) is 35.2. The molecule has 0 N–H and O–H groups in total. The number of fused-ring (bicyclic) bond motifs is 5. The zero-order valence-corrected chi connectivity index (χ0v) is 24.9. The second kappa shape index (κ2) is 11.3. The summed E-state index contributed by atoms with van der Waals surface area (Å²) in [6.07, 6.45) is 3.05. The topological polar surface area (TPSA) is 12.9 Å². The van der Waals surface area contributed by atoms with Crippen molar-refractivity contribution in [1.82, 2.24) is 4.98 Å². The van der Waals surface area contributed by atoms with Crippen molar-refractivity contribution in [2.24, 2.45) is 0 Å². The van der Waals surface area contributed by atoms with Crippen LogP contribution in [0.25, 0.3) is 76.5 Å². The van der Waals surface area contributed by atoms with Crippen LogP contribution < -0.4 is 0 Å². The standard InChI is InChI=1S/C39H15F10N/c40-30-28(31(41)35(45)38(48)34(30)44)26-19-9-3-4-10-20(19)27(29-32(42)36(46)39(49)37(47)33(29)43)25-14-23-21(17-7-5-11-50-15-17)12-16-6-1-2-8-18(16)22(23)13-24(25)26/h1-15H. The predicted octanol–water partition coefficient (Wildman–Crippen LogP) is 12.1. The molecule has 11 heteroatoms. The third kappa shape index (κ3) is 4.32. The minimum absolute atomic E-state index is 0.297. The average Bonchev–Trinajstić information content (AvgIpc) is 3.14. The Labute approximate surface area is 274 Å². The molecule has 50 heavy (non-hydrogen) atoms. The van der Waals surface area contributed by atoms with E-state index in [1.165, 1.54) is 48.8 Å². The van der Waals surface area contributed by atoms with E-state index < -0.39 is 80.4 Å². The second-order valence-corrected chi connectivity index (χ2v) is 11.5. The van der Waals surface area contributed by atoms with Gasteiger partial charge < -0.3 is 0 Å². The van der Waals surface area contributed by atoms with E-state index in [0.29, 0.717) is 32.7 Å². The van der Waals surface area contributed by atoms with Crippen LogP contribution >= 0.6 is 0 Å². The first kappa shape index (κ1) is 31.3. The van der Waals surface area contributed by atoms with Crippen LogP contribution in [-0.4, -0.2) is 4.98 Å². The van der Waals surface area contributed by atoms with Crippen LogP contribution in [0.4, 0.5) is 43.9 Å². The second-order valence-electron chi connectivity index (χ2n) is 11.5. The molecule has 0 aliphatic carbocycles. The molecular weight excluding hydrogens is 672 g/mol. The van der Waals surface area contributed by atoms with Gasteiger partial charge in [0.25, 0.3) is 0 Å². The van der Waals surface area contributed by atoms with Crippen molar-refractivity contribution < 1.29 is 43.9 Å². The molecular formula is C39H15F10N. The maximum atomic E-state index is 15.7. The Kier molecular flexibility index (Phi) is 7.07. The van der Waals surface area contributed by atoms with Gasteiger partial charge in [-0.1, -0.05) is 54.6 Å². The van der Waals surface area contributed by atoms with Crippen LogP contribution in [0.1, 0.15) is 0 Å². The van der Waals surface area contributed by atoms with Gasteiger partial charge in [0.15, 0.2) is 46.5 Å². The molecule has 0 aliphatic heterocycles. The lowest BCUT2D eigenvalue weighted by Crippen LogP contribution is -2.07. The Hall–Kier alpha value is -5.97. The fourth-order valence-electron chi connectivity index (χ4n) is 6.72. The molecule has 0 radical (unpaired) electrons. The number of hydrogen-bond acceptors (Lipinski definition) is 1. The molecule has 0 amide bonds. The molecule has 0 fully saturated rings. The first-order valence-electron chi connectivity index (χ1n) is 14.8. The maximum Gasteiger partial charge on any atom is 0.200 e. The van der Waals surface area contributed by atoms with Crippen molar-refractivity contribution in [2.75, 3.05) is 0 Å². The Morgan fingerprint density at radius 3 is 1.26 bits per heavy atom. The van der Waals surface area contributed by atoms with Crippen molar-refractivity contribution >= 4 is 43.1 Å². The molecule has 8 aromatic rings. The molecule has 7 aromatic carbocycles. The number of aromatic nitrogens is 1. The van der Waals surface area contributed by atoms with E-state index in [1.807, 2.05) is 0 Å². The van der Waals surface area contributed by atoms with Crippen LogP contribution in [0, 0.1) is 58.2 Å². The molecule has 0 spiro atoms. The van der Waals surface area contributed by atoms with Crippen molar-refractivity contribution in [1.29, 1.82) is 0 Å². The van der Waals surface area contributed by atoms with Crippen molar-refractivity contribution in [2.45, 2.75) is 0 Å². The normalized spacial score (nSPS) is 11.8. The van der Waals surface area contributed by atoms with Crippen LogP contribution in [0.5, 0.6) is 0 Å². The van der Waals surface area contributed by atoms with Crippen LogP contribution in [-0.2, 0) is 0 Å². The summed E-state index contributed by atoms with van der Waals surface area (Å²) in [5.74, 6) is -22.6. The van der Waals surface area contributed by atoms with Gasteiger partial charge in [0, 0.05) is 29.1 Å². The predicted molar refractivity (Wildman–Crippen MR) is 170 cm³/mol. The minimum atomic E-state index is -2.41. The highest BCUT2D eigenvalue weighted by Gasteiger charge is 2.33. The zero-order valence-electron chi connectivity index (χ0n) is 24.9. The lowest BCUT2D eigenvalue weighted by Gasteiger charge is -2.21. The highest BCUT2D eigenvalue weighted by Crippen LogP contribution is 2.50. The number of benzene rings is 7. The van der Waals surface area contributed by atoms with Gasteiger partial charge in [-0.3, -0.25) is 4.98 Å². The van der Waals surface area contributed by atoms with Crippen LogP contribution in [0.2, 0.25) is 0 Å². The first-order valence-corrected chi connectivity index (χ1v) is 14.8. The fraction of sp³-hybridized carbons (Fsp3) is 0. The van der Waals surface area contributed by atoms with E-state index in [9.17, 15) is 26.3 Å². The van der Waals surface area contributed by atoms with Crippen molar-refractivity contribution in [3.05, 3.63) is 149 Å². The lowest BCUT2D eigenvalue weighted by atomic mass is 9.82. The number of pyridine rings is 1. The maximum absolute atomic E-state index is 15.7. The Bertz CT molecular complexity index is 2700. The monoisotopic (exact) mass is 687 g/mol. The van der Waals surface area contributed by atoms with E-state index in [1.54, 1.807) is 42.5 Å². The van der Waals surface area contributed by atoms with Gasteiger partial charge in [-0.15, -0.1) is 0 Å². The molecule has 0 aliphatic rings. The summed E-state index contributed by atoms with van der Waals surface area (Å²) in [4.78, 5) is 4.16. The van der Waals surface area contributed by atoms with Gasteiger partial charge in [0.05, 0.1) is 11.1 Å². The quantitative estimate of drug-likeness (QED) is 0.0592. The number of hydrogen-bond donors (Lipinski definition) is 0. The first-order chi connectivity index (χ1) is 24.0. The van der Waals surface area contributed by atoms with E-state index in [2.05, 4.69) is 4.98 Å². The molecule has 246 valence electrons. The molecule has 8 rings (SSSR count). The van der Waals surface area contributed by atoms with Crippen LogP contribution in [0.15, 0.2) is 91.3 Å². The van der Waals surface area contributed by atoms with Gasteiger partial charge in [-0.05, 0) is 72.9 Å². The molecule has 0 saturated heterocycles. The third-order valence-corrected chi connectivity index (χ3v) is 8.90. The highest BCUT2D eigenvalue weighted by atomic mass is 19.2. The summed E-state index contributed by atoms with van der Waals surface area (Å²) in [6, 6.07) is 19.8. The van der Waals surface area contributed by atoms with E-state index in [4.69, 9.17) is 0 Å². The molecule has 0 saturated carbocycles. The summed E-state index contributed by atoms with van der Waals surface area (Å²) in [6.45, 7) is 0. The Morgan fingerprint density at radius 2 is 0.780 bits per heavy atom. The lowest BCUT2D eigenvalue weighted by molar-refractivity contribution is 0.381. The van der Waals surface area contributed by atoms with Crippen LogP contribution in [0.3, 0.4) is 0 Å². The van der Waals surface area contributed by atoms with Crippen molar-refractivity contribution in [3.63, 3.8) is 0 Å². The van der Waals surface area contributed by atoms with Gasteiger partial charge in [0.1, 0.15) is 0 Å². The third-order valence-electron chi connectivity index (χ3n) is 8.90. The summed E-state index contributed by atoms with van der Waals surface area (Å²) < 4.78 is 151. The van der Waals surface area contributed by atoms with Gasteiger partial charge >= 0.3 is 0 Å². The summed E-state index contributed by atoms with van der Waals surface area (Å²) in [5, 5.41) is 0.749. The van der Waals surface area contributed by atoms with E-state index in [-0.39, 0.29) is 21.5 Å². The van der Waals surface area contributed by atoms with Gasteiger partial charge in [0.2, 0.25) is 11.6 Å². The Morgan fingerprint density at radius 1 is 0.340 bits per heavy atom. The SMILES string of the molecule is Fc1c(F)c(F)c(-c2c3ccccc3c(-c3c(F)c(F)c(F)c(F)c3F)c3cc4c(cc23)c(-c2cccnc2)cc2ccccc24)c(F)c1F. The molecule has 0 atom stereocenters. The summed E-state index contributed by atoms with van der Waals surface area (Å²) in [5.41, 5.74) is -2.77. The molecule has 1 heterocycles.